The fourth-order valence-electron chi connectivity index (χ4n) is 4.39. The van der Waals surface area contributed by atoms with Crippen molar-refractivity contribution in [2.45, 2.75) is 53.2 Å². The van der Waals surface area contributed by atoms with Gasteiger partial charge in [-0.15, -0.1) is 11.3 Å². The van der Waals surface area contributed by atoms with Crippen LogP contribution in [0.2, 0.25) is 0 Å². The summed E-state index contributed by atoms with van der Waals surface area (Å²) in [6.45, 7) is 10.0. The largest absolute Gasteiger partial charge is 0.479 e. The van der Waals surface area contributed by atoms with Crippen LogP contribution < -0.4 is 15.0 Å². The van der Waals surface area contributed by atoms with E-state index in [1.54, 1.807) is 37.2 Å². The number of hydrogen-bond donors (Lipinski definition) is 1. The number of methoxy groups -OCH3 is 1. The van der Waals surface area contributed by atoms with E-state index in [0.29, 0.717) is 18.0 Å². The average molecular weight is 494 g/mol. The summed E-state index contributed by atoms with van der Waals surface area (Å²) in [5.74, 6) is 0.0566. The van der Waals surface area contributed by atoms with Crippen LogP contribution in [0.4, 0.5) is 11.4 Å². The summed E-state index contributed by atoms with van der Waals surface area (Å²) in [5, 5.41) is 6.01. The lowest BCUT2D eigenvalue weighted by Gasteiger charge is -2.36. The van der Waals surface area contributed by atoms with Crippen molar-refractivity contribution in [3.05, 3.63) is 57.4 Å². The Balaban J connectivity index is 1.65. The summed E-state index contributed by atoms with van der Waals surface area (Å²) < 4.78 is 11.0. The third kappa shape index (κ3) is 5.09. The number of carbonyl (C=O) groups is 2. The number of hydrogen-bond acceptors (Lipinski definition) is 6. The van der Waals surface area contributed by atoms with Gasteiger partial charge in [-0.2, -0.15) is 0 Å². The molecule has 1 aliphatic rings. The Morgan fingerprint density at radius 1 is 1.23 bits per heavy atom. The number of nitrogens with one attached hydrogen (secondary N) is 1. The zero-order valence-electron chi connectivity index (χ0n) is 21.0. The smallest absolute Gasteiger partial charge is 0.268 e. The number of thiazole rings is 1. The van der Waals surface area contributed by atoms with Crippen molar-refractivity contribution in [2.24, 2.45) is 0 Å². The lowest BCUT2D eigenvalue weighted by Crippen LogP contribution is -2.52. The highest BCUT2D eigenvalue weighted by Gasteiger charge is 2.37. The van der Waals surface area contributed by atoms with E-state index in [0.717, 1.165) is 45.1 Å². The molecule has 3 aromatic rings. The molecule has 2 aromatic carbocycles. The van der Waals surface area contributed by atoms with Crippen LogP contribution in [-0.2, 0) is 20.7 Å². The molecule has 0 saturated carbocycles. The SMILES string of the molecule is COCCc1nc(-c2ccc3c(c2)N(C(C)C(=O)Nc2c(C)cc(C)cc2C)C(=O)C(C)O3)cs1. The third-order valence-corrected chi connectivity index (χ3v) is 7.08. The van der Waals surface area contributed by atoms with E-state index in [2.05, 4.69) is 5.32 Å². The Kier molecular flexibility index (Phi) is 7.23. The molecule has 7 nitrogen and oxygen atoms in total. The van der Waals surface area contributed by atoms with E-state index in [-0.39, 0.29) is 11.8 Å². The zero-order valence-corrected chi connectivity index (χ0v) is 21.8. The molecule has 4 rings (SSSR count). The minimum atomic E-state index is -0.740. The number of aryl methyl sites for hydroxylation is 3. The second-order valence-corrected chi connectivity index (χ2v) is 9.90. The van der Waals surface area contributed by atoms with Gasteiger partial charge in [0.15, 0.2) is 6.10 Å². The number of carbonyl (C=O) groups excluding carboxylic acids is 2. The molecule has 2 amide bonds. The Hall–Kier alpha value is -3.23. The summed E-state index contributed by atoms with van der Waals surface area (Å²) in [6.07, 6.45) is 0.0539. The fraction of sp³-hybridized carbons (Fsp3) is 0.370. The van der Waals surface area contributed by atoms with E-state index in [1.165, 1.54) is 0 Å². The van der Waals surface area contributed by atoms with Gasteiger partial charge in [0.25, 0.3) is 5.91 Å². The molecule has 0 fully saturated rings. The minimum Gasteiger partial charge on any atom is -0.479 e. The number of rotatable bonds is 7. The number of amides is 2. The maximum Gasteiger partial charge on any atom is 0.268 e. The van der Waals surface area contributed by atoms with Gasteiger partial charge in [0.05, 0.1) is 23.0 Å². The van der Waals surface area contributed by atoms with Crippen LogP contribution in [0, 0.1) is 20.8 Å². The normalized spacial score (nSPS) is 16.0. The summed E-state index contributed by atoms with van der Waals surface area (Å²) in [5.41, 5.74) is 6.13. The molecule has 0 saturated heterocycles. The number of fused-ring (bicyclic) bond motifs is 1. The second kappa shape index (κ2) is 10.2. The maximum atomic E-state index is 13.4. The molecule has 0 bridgehead atoms. The van der Waals surface area contributed by atoms with Crippen molar-refractivity contribution in [1.29, 1.82) is 0 Å². The van der Waals surface area contributed by atoms with Crippen LogP contribution in [-0.4, -0.2) is 42.7 Å². The number of ether oxygens (including phenoxy) is 2. The van der Waals surface area contributed by atoms with E-state index in [1.807, 2.05) is 56.5 Å². The molecule has 8 heteroatoms. The topological polar surface area (TPSA) is 80.8 Å². The molecular formula is C27H31N3O4S. The Labute approximate surface area is 210 Å². The van der Waals surface area contributed by atoms with Gasteiger partial charge < -0.3 is 14.8 Å². The van der Waals surface area contributed by atoms with Crippen molar-refractivity contribution < 1.29 is 19.1 Å². The van der Waals surface area contributed by atoms with Gasteiger partial charge in [-0.3, -0.25) is 14.5 Å². The molecule has 1 N–H and O–H groups in total. The predicted molar refractivity (Wildman–Crippen MR) is 139 cm³/mol. The van der Waals surface area contributed by atoms with Crippen molar-refractivity contribution in [3.63, 3.8) is 0 Å². The Morgan fingerprint density at radius 2 is 1.94 bits per heavy atom. The molecule has 1 aliphatic heterocycles. The van der Waals surface area contributed by atoms with Gasteiger partial charge in [-0.05, 0) is 63.9 Å². The monoisotopic (exact) mass is 493 g/mol. The molecule has 0 aliphatic carbocycles. The molecule has 2 atom stereocenters. The maximum absolute atomic E-state index is 13.4. The minimum absolute atomic E-state index is 0.255. The van der Waals surface area contributed by atoms with Gasteiger partial charge in [-0.1, -0.05) is 17.7 Å². The molecule has 0 radical (unpaired) electrons. The van der Waals surface area contributed by atoms with E-state index in [9.17, 15) is 9.59 Å². The van der Waals surface area contributed by atoms with Gasteiger partial charge in [0, 0.05) is 30.2 Å². The summed E-state index contributed by atoms with van der Waals surface area (Å²) in [7, 11) is 1.67. The average Bonchev–Trinajstić information content (AvgIpc) is 3.29. The van der Waals surface area contributed by atoms with Crippen molar-refractivity contribution in [2.75, 3.05) is 23.9 Å². The van der Waals surface area contributed by atoms with E-state index in [4.69, 9.17) is 14.5 Å². The molecular weight excluding hydrogens is 462 g/mol. The second-order valence-electron chi connectivity index (χ2n) is 8.96. The van der Waals surface area contributed by atoms with Crippen LogP contribution in [0.5, 0.6) is 5.75 Å². The van der Waals surface area contributed by atoms with Gasteiger partial charge in [-0.25, -0.2) is 4.98 Å². The lowest BCUT2D eigenvalue weighted by atomic mass is 10.0. The molecule has 1 aromatic heterocycles. The van der Waals surface area contributed by atoms with Crippen molar-refractivity contribution >= 4 is 34.5 Å². The first-order chi connectivity index (χ1) is 16.7. The molecule has 2 unspecified atom stereocenters. The van der Waals surface area contributed by atoms with E-state index < -0.39 is 12.1 Å². The highest BCUT2D eigenvalue weighted by Crippen LogP contribution is 2.39. The lowest BCUT2D eigenvalue weighted by molar-refractivity contribution is -0.128. The number of anilines is 2. The third-order valence-electron chi connectivity index (χ3n) is 6.17. The van der Waals surface area contributed by atoms with Gasteiger partial charge in [0.1, 0.15) is 11.8 Å². The summed E-state index contributed by atoms with van der Waals surface area (Å²) >= 11 is 1.57. The number of benzene rings is 2. The zero-order chi connectivity index (χ0) is 25.3. The molecule has 35 heavy (non-hydrogen) atoms. The molecule has 0 spiro atoms. The Bertz CT molecular complexity index is 1250. The van der Waals surface area contributed by atoms with Gasteiger partial charge in [0.2, 0.25) is 5.91 Å². The first-order valence-electron chi connectivity index (χ1n) is 11.7. The predicted octanol–water partition coefficient (Wildman–Crippen LogP) is 5.07. The summed E-state index contributed by atoms with van der Waals surface area (Å²) in [4.78, 5) is 32.8. The number of nitrogens with zero attached hydrogens (tertiary/aromatic N) is 2. The quantitative estimate of drug-likeness (QED) is 0.497. The summed E-state index contributed by atoms with van der Waals surface area (Å²) in [6, 6.07) is 8.97. The van der Waals surface area contributed by atoms with E-state index >= 15 is 0 Å². The van der Waals surface area contributed by atoms with Crippen LogP contribution in [0.15, 0.2) is 35.7 Å². The number of aromatic nitrogens is 1. The van der Waals surface area contributed by atoms with Gasteiger partial charge >= 0.3 is 0 Å². The first-order valence-corrected chi connectivity index (χ1v) is 12.5. The first kappa shape index (κ1) is 24.9. The van der Waals surface area contributed by atoms with Crippen molar-refractivity contribution in [1.82, 2.24) is 4.98 Å². The van der Waals surface area contributed by atoms with Crippen LogP contribution in [0.25, 0.3) is 11.3 Å². The molecule has 184 valence electrons. The molecule has 2 heterocycles. The van der Waals surface area contributed by atoms with Crippen molar-refractivity contribution in [3.8, 4) is 17.0 Å². The standard InChI is InChI=1S/C27H31N3O4S/c1-15-11-16(2)25(17(3)12-15)29-26(31)18(4)30-22-13-20(7-8-23(22)34-19(5)27(30)32)21-14-35-24(28-21)9-10-33-6/h7-8,11-14,18-19H,9-10H2,1-6H3,(H,29,31). The highest BCUT2D eigenvalue weighted by atomic mass is 32.1. The van der Waals surface area contributed by atoms with Crippen LogP contribution in [0.1, 0.15) is 35.5 Å². The van der Waals surface area contributed by atoms with Crippen LogP contribution >= 0.6 is 11.3 Å². The highest BCUT2D eigenvalue weighted by molar-refractivity contribution is 7.09. The Morgan fingerprint density at radius 3 is 2.63 bits per heavy atom. The van der Waals surface area contributed by atoms with Crippen LogP contribution in [0.3, 0.4) is 0 Å². The fourth-order valence-corrected chi connectivity index (χ4v) is 5.18.